The predicted octanol–water partition coefficient (Wildman–Crippen LogP) is 1.60. The average Bonchev–Trinajstić information content (AvgIpc) is 2.85. The summed E-state index contributed by atoms with van der Waals surface area (Å²) in [4.78, 5) is 26.7. The topological polar surface area (TPSA) is 61.4 Å². The van der Waals surface area contributed by atoms with Gasteiger partial charge in [0.15, 0.2) is 0 Å². The highest BCUT2D eigenvalue weighted by Crippen LogP contribution is 2.34. The van der Waals surface area contributed by atoms with Crippen LogP contribution in [0.3, 0.4) is 0 Å². The van der Waals surface area contributed by atoms with Crippen LogP contribution in [0.1, 0.15) is 57.8 Å². The Morgan fingerprint density at radius 3 is 2.52 bits per heavy atom. The van der Waals surface area contributed by atoms with E-state index in [1.165, 1.54) is 25.7 Å². The molecule has 2 amide bonds. The van der Waals surface area contributed by atoms with Gasteiger partial charge in [0.05, 0.1) is 12.6 Å². The molecule has 0 aromatic heterocycles. The first kappa shape index (κ1) is 17.0. The zero-order valence-corrected chi connectivity index (χ0v) is 14.4. The Morgan fingerprint density at radius 1 is 1.09 bits per heavy atom. The first-order chi connectivity index (χ1) is 10.7. The van der Waals surface area contributed by atoms with Crippen molar-refractivity contribution >= 4 is 24.2 Å². The second-order valence-corrected chi connectivity index (χ2v) is 7.73. The monoisotopic (exact) mass is 341 g/mol. The van der Waals surface area contributed by atoms with Crippen LogP contribution >= 0.6 is 12.4 Å². The second-order valence-electron chi connectivity index (χ2n) is 7.73. The van der Waals surface area contributed by atoms with Crippen molar-refractivity contribution in [2.75, 3.05) is 6.54 Å². The Kier molecular flexibility index (Phi) is 5.16. The molecule has 6 heteroatoms. The molecule has 4 fully saturated rings. The van der Waals surface area contributed by atoms with Gasteiger partial charge in [-0.05, 0) is 44.4 Å². The van der Waals surface area contributed by atoms with Gasteiger partial charge in [-0.15, -0.1) is 12.4 Å². The molecule has 4 atom stereocenters. The van der Waals surface area contributed by atoms with Crippen molar-refractivity contribution in [2.45, 2.75) is 82.0 Å². The van der Waals surface area contributed by atoms with E-state index in [0.717, 1.165) is 25.7 Å². The predicted molar refractivity (Wildman–Crippen MR) is 90.4 cm³/mol. The van der Waals surface area contributed by atoms with Gasteiger partial charge in [-0.2, -0.15) is 0 Å². The molecule has 5 nitrogen and oxygen atoms in total. The molecule has 4 aliphatic rings. The molecule has 3 heterocycles. The van der Waals surface area contributed by atoms with E-state index in [-0.39, 0.29) is 42.8 Å². The third-order valence-corrected chi connectivity index (χ3v) is 6.14. The van der Waals surface area contributed by atoms with E-state index < -0.39 is 0 Å². The number of hydrogen-bond acceptors (Lipinski definition) is 3. The van der Waals surface area contributed by atoms with Crippen molar-refractivity contribution < 1.29 is 9.59 Å². The van der Waals surface area contributed by atoms with E-state index in [2.05, 4.69) is 10.6 Å². The van der Waals surface area contributed by atoms with Crippen molar-refractivity contribution in [1.29, 1.82) is 0 Å². The van der Waals surface area contributed by atoms with Crippen molar-refractivity contribution in [3.8, 4) is 0 Å². The Hall–Kier alpha value is -0.810. The summed E-state index contributed by atoms with van der Waals surface area (Å²) in [6.45, 7) is 0.276. The Balaban J connectivity index is 0.00000156. The van der Waals surface area contributed by atoms with Crippen LogP contribution in [0.25, 0.3) is 0 Å². The molecule has 130 valence electrons. The fourth-order valence-corrected chi connectivity index (χ4v) is 5.16. The van der Waals surface area contributed by atoms with Gasteiger partial charge in [0.1, 0.15) is 0 Å². The summed E-state index contributed by atoms with van der Waals surface area (Å²) in [6, 6.07) is 1.70. The molecule has 1 saturated carbocycles. The van der Waals surface area contributed by atoms with Crippen molar-refractivity contribution in [2.24, 2.45) is 5.92 Å². The molecule has 0 radical (unpaired) electrons. The summed E-state index contributed by atoms with van der Waals surface area (Å²) >= 11 is 0. The summed E-state index contributed by atoms with van der Waals surface area (Å²) in [7, 11) is 0. The third kappa shape index (κ3) is 3.50. The minimum absolute atomic E-state index is 0. The number of piperidine rings is 1. The van der Waals surface area contributed by atoms with E-state index >= 15 is 0 Å². The molecule has 4 unspecified atom stereocenters. The molecule has 0 aromatic rings. The van der Waals surface area contributed by atoms with Crippen molar-refractivity contribution in [1.82, 2.24) is 15.5 Å². The zero-order chi connectivity index (χ0) is 15.1. The summed E-state index contributed by atoms with van der Waals surface area (Å²) in [5, 5.41) is 6.72. The Bertz CT molecular complexity index is 461. The van der Waals surface area contributed by atoms with E-state index in [1.807, 2.05) is 4.90 Å². The highest BCUT2D eigenvalue weighted by atomic mass is 35.5. The van der Waals surface area contributed by atoms with E-state index in [9.17, 15) is 9.59 Å². The van der Waals surface area contributed by atoms with Crippen LogP contribution in [0.15, 0.2) is 0 Å². The smallest absolute Gasteiger partial charge is 0.239 e. The molecule has 3 saturated heterocycles. The number of hydrogen-bond donors (Lipinski definition) is 2. The van der Waals surface area contributed by atoms with Gasteiger partial charge in [-0.1, -0.05) is 12.8 Å². The molecular formula is C17H28ClN3O2. The zero-order valence-electron chi connectivity index (χ0n) is 13.6. The Morgan fingerprint density at radius 2 is 1.78 bits per heavy atom. The van der Waals surface area contributed by atoms with Crippen LogP contribution in [0.5, 0.6) is 0 Å². The molecule has 0 aromatic carbocycles. The lowest BCUT2D eigenvalue weighted by Crippen LogP contribution is -2.63. The number of piperazine rings is 1. The van der Waals surface area contributed by atoms with Crippen LogP contribution in [-0.2, 0) is 9.59 Å². The van der Waals surface area contributed by atoms with Gasteiger partial charge in [0.2, 0.25) is 11.8 Å². The van der Waals surface area contributed by atoms with Crippen LogP contribution in [0.4, 0.5) is 0 Å². The number of fused-ring (bicyclic) bond motifs is 3. The molecule has 23 heavy (non-hydrogen) atoms. The SMILES string of the molecule is Cl.O=C1CN(C(=O)CC2CC3CCC(C2)N3)C2CCCCC2N1. The first-order valence-corrected chi connectivity index (χ1v) is 9.04. The number of nitrogens with one attached hydrogen (secondary N) is 2. The van der Waals surface area contributed by atoms with Gasteiger partial charge in [0, 0.05) is 24.5 Å². The number of rotatable bonds is 2. The fraction of sp³-hybridized carbons (Fsp3) is 0.882. The summed E-state index contributed by atoms with van der Waals surface area (Å²) in [5.74, 6) is 0.762. The van der Waals surface area contributed by atoms with Crippen LogP contribution in [-0.4, -0.2) is 47.4 Å². The maximum atomic E-state index is 12.8. The van der Waals surface area contributed by atoms with E-state index in [0.29, 0.717) is 24.4 Å². The third-order valence-electron chi connectivity index (χ3n) is 6.14. The molecule has 2 bridgehead atoms. The lowest BCUT2D eigenvalue weighted by molar-refractivity contribution is -0.145. The van der Waals surface area contributed by atoms with Gasteiger partial charge >= 0.3 is 0 Å². The van der Waals surface area contributed by atoms with E-state index in [4.69, 9.17) is 0 Å². The van der Waals surface area contributed by atoms with Gasteiger partial charge in [0.25, 0.3) is 0 Å². The first-order valence-electron chi connectivity index (χ1n) is 9.04. The number of amides is 2. The average molecular weight is 342 g/mol. The van der Waals surface area contributed by atoms with Crippen molar-refractivity contribution in [3.05, 3.63) is 0 Å². The van der Waals surface area contributed by atoms with Crippen LogP contribution in [0, 0.1) is 5.92 Å². The Labute approximate surface area is 144 Å². The number of halogens is 1. The summed E-state index contributed by atoms with van der Waals surface area (Å²) in [5.41, 5.74) is 0. The molecule has 0 spiro atoms. The summed E-state index contributed by atoms with van der Waals surface area (Å²) in [6.07, 6.45) is 9.88. The van der Waals surface area contributed by atoms with E-state index in [1.54, 1.807) is 0 Å². The molecule has 2 N–H and O–H groups in total. The molecule has 4 rings (SSSR count). The molecule has 1 aliphatic carbocycles. The number of nitrogens with zero attached hydrogens (tertiary/aromatic N) is 1. The van der Waals surface area contributed by atoms with Gasteiger partial charge in [-0.3, -0.25) is 9.59 Å². The van der Waals surface area contributed by atoms with Crippen molar-refractivity contribution in [3.63, 3.8) is 0 Å². The minimum Gasteiger partial charge on any atom is -0.350 e. The quantitative estimate of drug-likeness (QED) is 0.802. The largest absolute Gasteiger partial charge is 0.350 e. The highest BCUT2D eigenvalue weighted by Gasteiger charge is 2.40. The van der Waals surface area contributed by atoms with Gasteiger partial charge < -0.3 is 15.5 Å². The normalized spacial score (nSPS) is 39.2. The molecule has 3 aliphatic heterocycles. The van der Waals surface area contributed by atoms with Gasteiger partial charge in [-0.25, -0.2) is 0 Å². The lowest BCUT2D eigenvalue weighted by Gasteiger charge is -2.44. The maximum Gasteiger partial charge on any atom is 0.239 e. The molecular weight excluding hydrogens is 314 g/mol. The minimum atomic E-state index is 0. The number of carbonyl (C=O) groups is 2. The summed E-state index contributed by atoms with van der Waals surface area (Å²) < 4.78 is 0. The fourth-order valence-electron chi connectivity index (χ4n) is 5.16. The highest BCUT2D eigenvalue weighted by molar-refractivity contribution is 5.87. The standard InChI is InChI=1S/C17H27N3O2.ClH/c21-16-10-20(15-4-2-1-3-14(15)19-16)17(22)9-11-7-12-5-6-13(8-11)18-12;/h11-15,18H,1-10H2,(H,19,21);1H. The lowest BCUT2D eigenvalue weighted by atomic mass is 9.85. The van der Waals surface area contributed by atoms with Crippen LogP contribution in [0.2, 0.25) is 0 Å². The number of carbonyl (C=O) groups excluding carboxylic acids is 2. The maximum absolute atomic E-state index is 12.8. The van der Waals surface area contributed by atoms with Crippen LogP contribution < -0.4 is 10.6 Å². The second kappa shape index (κ2) is 6.98.